The van der Waals surface area contributed by atoms with Gasteiger partial charge in [-0.2, -0.15) is 0 Å². The number of hydrogen-bond donors (Lipinski definition) is 3. The van der Waals surface area contributed by atoms with Crippen molar-refractivity contribution in [2.45, 2.75) is 74.3 Å². The summed E-state index contributed by atoms with van der Waals surface area (Å²) in [5, 5.41) is 9.89. The molecule has 426 valence electrons. The molecular formula is C62H63N4O15P. The van der Waals surface area contributed by atoms with Crippen molar-refractivity contribution in [3.05, 3.63) is 256 Å². The SMILES string of the molecule is COc1ccc(C(OC[C@H]2O[C@@H](n3cc(C)c(=O)[nH]c3=O)C[C@@H]2OP(=O)(OC[C@H]2O[C@@H](n3cc(C)c(=O)[nH]c3=O)C[C@@H]2O)C(c2ccccc2)(c2ccc(OC)cc2)c2ccc(OC)cc2)(c2ccccc2)c2ccc(OC)cc2)cc1. The average Bonchev–Trinajstić information content (AvgIpc) is 4.12. The summed E-state index contributed by atoms with van der Waals surface area (Å²) in [4.78, 5) is 57.0. The van der Waals surface area contributed by atoms with Gasteiger partial charge in [-0.15, -0.1) is 0 Å². The first-order valence-electron chi connectivity index (χ1n) is 26.5. The highest BCUT2D eigenvalue weighted by Gasteiger charge is 2.59. The quantitative estimate of drug-likeness (QED) is 0.0454. The molecule has 3 N–H and O–H groups in total. The van der Waals surface area contributed by atoms with E-state index in [4.69, 9.17) is 42.2 Å². The lowest BCUT2D eigenvalue weighted by Crippen LogP contribution is -2.40. The zero-order valence-electron chi connectivity index (χ0n) is 46.0. The van der Waals surface area contributed by atoms with Crippen LogP contribution >= 0.6 is 7.60 Å². The van der Waals surface area contributed by atoms with E-state index < -0.39 is 84.3 Å². The van der Waals surface area contributed by atoms with Crippen molar-refractivity contribution in [3.63, 3.8) is 0 Å². The minimum atomic E-state index is -5.06. The van der Waals surface area contributed by atoms with Gasteiger partial charge in [0.2, 0.25) is 0 Å². The molecule has 1 unspecified atom stereocenters. The van der Waals surface area contributed by atoms with Crippen molar-refractivity contribution < 1.29 is 51.9 Å². The fourth-order valence-corrected chi connectivity index (χ4v) is 13.7. The van der Waals surface area contributed by atoms with E-state index in [-0.39, 0.29) is 30.6 Å². The lowest BCUT2D eigenvalue weighted by molar-refractivity contribution is -0.0938. The van der Waals surface area contributed by atoms with Crippen LogP contribution in [0, 0.1) is 13.8 Å². The third-order valence-electron chi connectivity index (χ3n) is 15.2. The summed E-state index contributed by atoms with van der Waals surface area (Å²) in [7, 11) is 1.18. The number of methoxy groups -OCH3 is 4. The predicted octanol–water partition coefficient (Wildman–Crippen LogP) is 8.27. The van der Waals surface area contributed by atoms with Crippen molar-refractivity contribution in [1.29, 1.82) is 0 Å². The lowest BCUT2D eigenvalue weighted by Gasteiger charge is -2.42. The largest absolute Gasteiger partial charge is 0.497 e. The van der Waals surface area contributed by atoms with Crippen LogP contribution < -0.4 is 41.4 Å². The first-order valence-corrected chi connectivity index (χ1v) is 28.1. The molecule has 10 rings (SSSR count). The van der Waals surface area contributed by atoms with E-state index in [0.29, 0.717) is 50.8 Å². The normalized spacial score (nSPS) is 19.8. The van der Waals surface area contributed by atoms with E-state index in [1.807, 2.05) is 97.1 Å². The summed E-state index contributed by atoms with van der Waals surface area (Å²) >= 11 is 0. The standard InChI is InChI=1S/C62H63N4O15P/c1-39-35-65(59(70)63-57(39)68)55-33-51(67)53(79-55)38-78-82(72,62(44-15-11-8-12-16-44,45-21-29-49(75-5)30-22-45)46-23-31-50(76-6)32-24-46)81-52-34-56(66-36-40(2)58(69)64-60(66)71)80-54(52)37-77-61(41-13-9-7-10-14-41,42-17-25-47(73-3)26-18-42)43-19-27-48(74-4)28-20-43/h7-32,35-36,51-56,67H,33-34,37-38H2,1-6H3,(H,63,68,70)(H,64,69,71)/t51-,52-,53+,54+,55+,56+,82?/m0/s1. The Bertz CT molecular complexity index is 3680. The van der Waals surface area contributed by atoms with E-state index in [2.05, 4.69) is 9.97 Å². The number of hydrogen-bond acceptors (Lipinski definition) is 15. The van der Waals surface area contributed by atoms with Crippen LogP contribution in [0.2, 0.25) is 0 Å². The molecule has 8 aromatic rings. The monoisotopic (exact) mass is 1130 g/mol. The fourth-order valence-electron chi connectivity index (χ4n) is 10.9. The molecule has 0 radical (unpaired) electrons. The van der Waals surface area contributed by atoms with Crippen LogP contribution in [0.5, 0.6) is 23.0 Å². The zero-order valence-corrected chi connectivity index (χ0v) is 46.9. The number of aryl methyl sites for hydroxylation is 2. The number of aliphatic hydroxyl groups is 1. The van der Waals surface area contributed by atoms with Crippen molar-refractivity contribution in [1.82, 2.24) is 19.1 Å². The first kappa shape index (κ1) is 57.1. The molecule has 0 bridgehead atoms. The highest BCUT2D eigenvalue weighted by molar-refractivity contribution is 7.55. The molecule has 0 aliphatic carbocycles. The van der Waals surface area contributed by atoms with Gasteiger partial charge < -0.3 is 47.3 Å². The number of benzene rings is 6. The van der Waals surface area contributed by atoms with Gasteiger partial charge in [0, 0.05) is 36.4 Å². The Morgan fingerprint density at radius 3 is 1.34 bits per heavy atom. The smallest absolute Gasteiger partial charge is 0.350 e. The van der Waals surface area contributed by atoms with E-state index in [9.17, 15) is 24.3 Å². The molecule has 2 aliphatic rings. The van der Waals surface area contributed by atoms with Gasteiger partial charge in [0.15, 0.2) is 0 Å². The summed E-state index contributed by atoms with van der Waals surface area (Å²) < 4.78 is 78.0. The zero-order chi connectivity index (χ0) is 57.8. The molecule has 2 fully saturated rings. The molecule has 2 aromatic heterocycles. The van der Waals surface area contributed by atoms with Gasteiger partial charge in [0.05, 0.1) is 47.8 Å². The lowest BCUT2D eigenvalue weighted by atomic mass is 9.80. The molecule has 0 spiro atoms. The Morgan fingerprint density at radius 1 is 0.524 bits per heavy atom. The van der Waals surface area contributed by atoms with E-state index in [1.54, 1.807) is 88.7 Å². The first-order chi connectivity index (χ1) is 39.6. The van der Waals surface area contributed by atoms with Crippen molar-refractivity contribution in [2.75, 3.05) is 41.7 Å². The maximum Gasteiger partial charge on any atom is 0.350 e. The van der Waals surface area contributed by atoms with Crippen LogP contribution in [0.25, 0.3) is 0 Å². The summed E-state index contributed by atoms with van der Waals surface area (Å²) in [6.07, 6.45) is -4.61. The van der Waals surface area contributed by atoms with Crippen LogP contribution in [0.15, 0.2) is 189 Å². The predicted molar refractivity (Wildman–Crippen MR) is 304 cm³/mol. The molecular weight excluding hydrogens is 1070 g/mol. The second-order valence-corrected chi connectivity index (χ2v) is 22.2. The van der Waals surface area contributed by atoms with Crippen LogP contribution in [0.3, 0.4) is 0 Å². The molecule has 19 nitrogen and oxygen atoms in total. The molecule has 20 heteroatoms. The summed E-state index contributed by atoms with van der Waals surface area (Å²) in [6.45, 7) is 2.26. The van der Waals surface area contributed by atoms with Crippen molar-refractivity contribution in [3.8, 4) is 23.0 Å². The minimum Gasteiger partial charge on any atom is -0.497 e. The summed E-state index contributed by atoms with van der Waals surface area (Å²) in [6, 6.07) is 47.6. The Labute approximate surface area is 472 Å². The second-order valence-electron chi connectivity index (χ2n) is 20.0. The van der Waals surface area contributed by atoms with Gasteiger partial charge in [-0.05, 0) is 95.8 Å². The highest BCUT2D eigenvalue weighted by Crippen LogP contribution is 2.72. The van der Waals surface area contributed by atoms with Crippen LogP contribution in [-0.4, -0.2) is 90.3 Å². The number of H-pyrrole nitrogens is 2. The fraction of sp³-hybridized carbons (Fsp3) is 0.290. The molecule has 7 atom stereocenters. The number of aromatic amines is 2. The number of nitrogens with one attached hydrogen (secondary N) is 2. The van der Waals surface area contributed by atoms with Crippen LogP contribution in [-0.2, 0) is 38.6 Å². The molecule has 82 heavy (non-hydrogen) atoms. The second kappa shape index (κ2) is 24.1. The number of nitrogens with zero attached hydrogens (tertiary/aromatic N) is 2. The summed E-state index contributed by atoms with van der Waals surface area (Å²) in [5.74, 6) is 2.21. The number of ether oxygens (including phenoxy) is 7. The Hall–Kier alpha value is -8.13. The molecule has 4 heterocycles. The van der Waals surface area contributed by atoms with Gasteiger partial charge in [-0.25, -0.2) is 9.59 Å². The van der Waals surface area contributed by atoms with Crippen LogP contribution in [0.4, 0.5) is 0 Å². The Kier molecular flexibility index (Phi) is 16.8. The minimum absolute atomic E-state index is 0.0954. The molecule has 0 saturated carbocycles. The molecule has 0 amide bonds. The van der Waals surface area contributed by atoms with Crippen LogP contribution in [0.1, 0.15) is 69.8 Å². The third kappa shape index (κ3) is 10.9. The van der Waals surface area contributed by atoms with Gasteiger partial charge in [0.1, 0.15) is 64.5 Å². The van der Waals surface area contributed by atoms with E-state index >= 15 is 4.57 Å². The average molecular weight is 1140 g/mol. The summed E-state index contributed by atoms with van der Waals surface area (Å²) in [5.41, 5.74) is -0.108. The molecule has 6 aromatic carbocycles. The van der Waals surface area contributed by atoms with Gasteiger partial charge >= 0.3 is 19.0 Å². The number of aliphatic hydroxyl groups excluding tert-OH is 1. The van der Waals surface area contributed by atoms with Crippen molar-refractivity contribution >= 4 is 7.60 Å². The topological polar surface area (TPSA) is 230 Å². The molecule has 2 saturated heterocycles. The molecule has 2 aliphatic heterocycles. The Balaban J connectivity index is 1.16. The van der Waals surface area contributed by atoms with Gasteiger partial charge in [-0.1, -0.05) is 109 Å². The van der Waals surface area contributed by atoms with E-state index in [1.165, 1.54) is 35.7 Å². The number of aromatic nitrogens is 4. The highest BCUT2D eigenvalue weighted by atomic mass is 31.2. The maximum atomic E-state index is 17.8. The Morgan fingerprint density at radius 2 is 0.902 bits per heavy atom. The van der Waals surface area contributed by atoms with Gasteiger partial charge in [-0.3, -0.25) is 33.3 Å². The van der Waals surface area contributed by atoms with Crippen molar-refractivity contribution in [2.24, 2.45) is 0 Å². The van der Waals surface area contributed by atoms with Gasteiger partial charge in [0.25, 0.3) is 11.1 Å². The van der Waals surface area contributed by atoms with E-state index in [0.717, 1.165) is 5.56 Å². The maximum absolute atomic E-state index is 17.8. The third-order valence-corrected chi connectivity index (χ3v) is 17.9. The number of rotatable bonds is 21.